The molecule has 0 spiro atoms. The van der Waals surface area contributed by atoms with Crippen molar-refractivity contribution in [2.45, 2.75) is 25.7 Å². The van der Waals surface area contributed by atoms with Crippen molar-refractivity contribution >= 4 is 17.3 Å². The third-order valence-corrected chi connectivity index (χ3v) is 4.10. The van der Waals surface area contributed by atoms with Gasteiger partial charge in [-0.3, -0.25) is 4.79 Å². The highest BCUT2D eigenvalue weighted by atomic mass is 16.2. The Balaban J connectivity index is 2.10. The lowest BCUT2D eigenvalue weighted by Gasteiger charge is -2.25. The van der Waals surface area contributed by atoms with Crippen molar-refractivity contribution in [3.63, 3.8) is 0 Å². The standard InChI is InChI=1S/C16H25N3O/c1-18(2)16(20)13-8-9-15(14(17)10-13)19(3)11-12-6-4-5-7-12/h8-10,12H,4-7,11,17H2,1-3H3. The Bertz CT molecular complexity index is 479. The molecule has 0 aromatic heterocycles. The molecule has 110 valence electrons. The van der Waals surface area contributed by atoms with Crippen LogP contribution in [0.2, 0.25) is 0 Å². The minimum atomic E-state index is -0.0123. The lowest BCUT2D eigenvalue weighted by Crippen LogP contribution is -2.25. The quantitative estimate of drug-likeness (QED) is 0.859. The number of hydrogen-bond donors (Lipinski definition) is 1. The van der Waals surface area contributed by atoms with Gasteiger partial charge >= 0.3 is 0 Å². The number of nitrogens with zero attached hydrogens (tertiary/aromatic N) is 2. The Morgan fingerprint density at radius 3 is 2.45 bits per heavy atom. The summed E-state index contributed by atoms with van der Waals surface area (Å²) in [4.78, 5) is 15.7. The van der Waals surface area contributed by atoms with E-state index in [9.17, 15) is 4.79 Å². The van der Waals surface area contributed by atoms with Gasteiger partial charge in [-0.15, -0.1) is 0 Å². The van der Waals surface area contributed by atoms with Gasteiger partial charge in [0.15, 0.2) is 0 Å². The summed E-state index contributed by atoms with van der Waals surface area (Å²) >= 11 is 0. The van der Waals surface area contributed by atoms with Crippen molar-refractivity contribution in [3.8, 4) is 0 Å². The first-order valence-corrected chi connectivity index (χ1v) is 7.31. The molecule has 1 aliphatic rings. The monoisotopic (exact) mass is 275 g/mol. The zero-order chi connectivity index (χ0) is 14.7. The van der Waals surface area contributed by atoms with Crippen molar-refractivity contribution in [2.75, 3.05) is 38.3 Å². The van der Waals surface area contributed by atoms with E-state index >= 15 is 0 Å². The summed E-state index contributed by atoms with van der Waals surface area (Å²) in [6.07, 6.45) is 5.34. The van der Waals surface area contributed by atoms with Crippen LogP contribution in [0.1, 0.15) is 36.0 Å². The van der Waals surface area contributed by atoms with Crippen molar-refractivity contribution < 1.29 is 4.79 Å². The third-order valence-electron chi connectivity index (χ3n) is 4.10. The Labute approximate surface area is 121 Å². The summed E-state index contributed by atoms with van der Waals surface area (Å²) in [5.74, 6) is 0.768. The van der Waals surface area contributed by atoms with Crippen LogP contribution in [0, 0.1) is 5.92 Å². The summed E-state index contributed by atoms with van der Waals surface area (Å²) in [5.41, 5.74) is 8.47. The molecule has 1 amide bonds. The van der Waals surface area contributed by atoms with Gasteiger partial charge in [0.1, 0.15) is 0 Å². The molecular weight excluding hydrogens is 250 g/mol. The predicted octanol–water partition coefficient (Wildman–Crippen LogP) is 2.60. The molecule has 1 aromatic rings. The molecule has 0 aliphatic heterocycles. The first kappa shape index (κ1) is 14.7. The molecule has 1 aliphatic carbocycles. The molecule has 2 N–H and O–H groups in total. The molecule has 4 heteroatoms. The van der Waals surface area contributed by atoms with Crippen molar-refractivity contribution in [3.05, 3.63) is 23.8 Å². The van der Waals surface area contributed by atoms with E-state index in [0.29, 0.717) is 11.3 Å². The first-order valence-electron chi connectivity index (χ1n) is 7.31. The maximum atomic E-state index is 11.9. The fourth-order valence-electron chi connectivity index (χ4n) is 2.97. The number of anilines is 2. The van der Waals surface area contributed by atoms with Crippen LogP contribution in [0.15, 0.2) is 18.2 Å². The number of carbonyl (C=O) groups is 1. The number of carbonyl (C=O) groups excluding carboxylic acids is 1. The fraction of sp³-hybridized carbons (Fsp3) is 0.562. The van der Waals surface area contributed by atoms with Crippen molar-refractivity contribution in [1.82, 2.24) is 4.90 Å². The highest BCUT2D eigenvalue weighted by molar-refractivity contribution is 5.95. The lowest BCUT2D eigenvalue weighted by atomic mass is 10.1. The number of amides is 1. The number of hydrogen-bond acceptors (Lipinski definition) is 3. The Morgan fingerprint density at radius 1 is 1.25 bits per heavy atom. The molecule has 0 heterocycles. The van der Waals surface area contributed by atoms with E-state index in [1.54, 1.807) is 25.1 Å². The summed E-state index contributed by atoms with van der Waals surface area (Å²) < 4.78 is 0. The van der Waals surface area contributed by atoms with Gasteiger partial charge in [-0.05, 0) is 37.0 Å². The minimum absolute atomic E-state index is 0.0123. The zero-order valence-corrected chi connectivity index (χ0v) is 12.7. The predicted molar refractivity (Wildman–Crippen MR) is 84.1 cm³/mol. The molecule has 20 heavy (non-hydrogen) atoms. The van der Waals surface area contributed by atoms with Gasteiger partial charge in [0.05, 0.1) is 11.4 Å². The molecule has 0 bridgehead atoms. The second kappa shape index (κ2) is 6.16. The average molecular weight is 275 g/mol. The highest BCUT2D eigenvalue weighted by Gasteiger charge is 2.18. The molecule has 1 fully saturated rings. The smallest absolute Gasteiger partial charge is 0.253 e. The fourth-order valence-corrected chi connectivity index (χ4v) is 2.97. The molecule has 2 rings (SSSR count). The van der Waals surface area contributed by atoms with Crippen LogP contribution in [0.4, 0.5) is 11.4 Å². The van der Waals surface area contributed by atoms with Gasteiger partial charge in [0.2, 0.25) is 0 Å². The SMILES string of the molecule is CN(C)C(=O)c1ccc(N(C)CC2CCCC2)c(N)c1. The Morgan fingerprint density at radius 2 is 1.90 bits per heavy atom. The van der Waals surface area contributed by atoms with Gasteiger partial charge in [-0.25, -0.2) is 0 Å². The Hall–Kier alpha value is -1.71. The molecular formula is C16H25N3O. The summed E-state index contributed by atoms with van der Waals surface area (Å²) in [6, 6.07) is 5.60. The van der Waals surface area contributed by atoms with Crippen LogP contribution in [-0.4, -0.2) is 38.5 Å². The van der Waals surface area contributed by atoms with Gasteiger partial charge in [0, 0.05) is 33.3 Å². The zero-order valence-electron chi connectivity index (χ0n) is 12.7. The van der Waals surface area contributed by atoms with Crippen LogP contribution in [0.5, 0.6) is 0 Å². The second-order valence-corrected chi connectivity index (χ2v) is 6.00. The van der Waals surface area contributed by atoms with E-state index in [1.807, 2.05) is 12.1 Å². The number of nitrogens with two attached hydrogens (primary N) is 1. The highest BCUT2D eigenvalue weighted by Crippen LogP contribution is 2.29. The average Bonchev–Trinajstić information content (AvgIpc) is 2.90. The normalized spacial score (nSPS) is 15.3. The largest absolute Gasteiger partial charge is 0.397 e. The van der Waals surface area contributed by atoms with E-state index in [-0.39, 0.29) is 5.91 Å². The maximum absolute atomic E-state index is 11.9. The van der Waals surface area contributed by atoms with Gasteiger partial charge in [-0.1, -0.05) is 12.8 Å². The van der Waals surface area contributed by atoms with E-state index < -0.39 is 0 Å². The molecule has 0 atom stereocenters. The number of nitrogen functional groups attached to an aromatic ring is 1. The van der Waals surface area contributed by atoms with Crippen molar-refractivity contribution in [2.24, 2.45) is 5.92 Å². The van der Waals surface area contributed by atoms with Crippen LogP contribution >= 0.6 is 0 Å². The summed E-state index contributed by atoms with van der Waals surface area (Å²) in [6.45, 7) is 1.05. The van der Waals surface area contributed by atoms with Crippen LogP contribution in [0.25, 0.3) is 0 Å². The summed E-state index contributed by atoms with van der Waals surface area (Å²) in [5, 5.41) is 0. The minimum Gasteiger partial charge on any atom is -0.397 e. The molecule has 0 radical (unpaired) electrons. The molecule has 0 unspecified atom stereocenters. The van der Waals surface area contributed by atoms with E-state index in [2.05, 4.69) is 11.9 Å². The second-order valence-electron chi connectivity index (χ2n) is 6.00. The van der Waals surface area contributed by atoms with Gasteiger partial charge in [0.25, 0.3) is 5.91 Å². The molecule has 0 saturated heterocycles. The van der Waals surface area contributed by atoms with Crippen molar-refractivity contribution in [1.29, 1.82) is 0 Å². The number of rotatable bonds is 4. The molecule has 4 nitrogen and oxygen atoms in total. The van der Waals surface area contributed by atoms with Crippen LogP contribution in [0.3, 0.4) is 0 Å². The van der Waals surface area contributed by atoms with E-state index in [4.69, 9.17) is 5.73 Å². The first-order chi connectivity index (χ1) is 9.49. The van der Waals surface area contributed by atoms with E-state index in [0.717, 1.165) is 18.2 Å². The van der Waals surface area contributed by atoms with Gasteiger partial charge in [-0.2, -0.15) is 0 Å². The van der Waals surface area contributed by atoms with Crippen LogP contribution in [-0.2, 0) is 0 Å². The molecule has 1 aromatic carbocycles. The topological polar surface area (TPSA) is 49.6 Å². The van der Waals surface area contributed by atoms with E-state index in [1.165, 1.54) is 25.7 Å². The van der Waals surface area contributed by atoms with Gasteiger partial charge < -0.3 is 15.5 Å². The number of benzene rings is 1. The lowest BCUT2D eigenvalue weighted by molar-refractivity contribution is 0.0827. The summed E-state index contributed by atoms with van der Waals surface area (Å²) in [7, 11) is 5.58. The van der Waals surface area contributed by atoms with Crippen LogP contribution < -0.4 is 10.6 Å². The third kappa shape index (κ3) is 3.24. The molecule has 1 saturated carbocycles. The Kier molecular flexibility index (Phi) is 4.53. The maximum Gasteiger partial charge on any atom is 0.253 e.